The van der Waals surface area contributed by atoms with E-state index in [-0.39, 0.29) is 6.10 Å². The van der Waals surface area contributed by atoms with Gasteiger partial charge in [-0.3, -0.25) is 0 Å². The Morgan fingerprint density at radius 2 is 2.10 bits per heavy atom. The van der Waals surface area contributed by atoms with Crippen LogP contribution in [0.15, 0.2) is 12.2 Å². The minimum Gasteiger partial charge on any atom is -0.393 e. The smallest absolute Gasteiger partial charge is 0.0543 e. The number of aliphatic hydroxyl groups excluding tert-OH is 1. The highest BCUT2D eigenvalue weighted by atomic mass is 16.3. The van der Waals surface area contributed by atoms with Crippen molar-refractivity contribution in [3.8, 4) is 0 Å². The SMILES string of the molecule is C=C(C)[C@H](C)CC(O)CC. The average Bonchev–Trinajstić information content (AvgIpc) is 1.87. The molecule has 0 rings (SSSR count). The fourth-order valence-electron chi connectivity index (χ4n) is 0.776. The summed E-state index contributed by atoms with van der Waals surface area (Å²) in [5, 5.41) is 9.24. The van der Waals surface area contributed by atoms with Crippen molar-refractivity contribution in [2.75, 3.05) is 0 Å². The van der Waals surface area contributed by atoms with Crippen LogP contribution in [0.2, 0.25) is 0 Å². The summed E-state index contributed by atoms with van der Waals surface area (Å²) < 4.78 is 0. The van der Waals surface area contributed by atoms with Gasteiger partial charge >= 0.3 is 0 Å². The molecule has 0 saturated carbocycles. The molecule has 0 radical (unpaired) electrons. The van der Waals surface area contributed by atoms with Gasteiger partial charge in [0, 0.05) is 0 Å². The first-order chi connectivity index (χ1) is 4.57. The summed E-state index contributed by atoms with van der Waals surface area (Å²) in [6.07, 6.45) is 1.55. The fourth-order valence-corrected chi connectivity index (χ4v) is 0.776. The summed E-state index contributed by atoms with van der Waals surface area (Å²) in [5.74, 6) is 0.454. The van der Waals surface area contributed by atoms with Crippen molar-refractivity contribution >= 4 is 0 Å². The molecule has 0 aliphatic carbocycles. The molecule has 0 aromatic carbocycles. The third kappa shape index (κ3) is 3.67. The topological polar surface area (TPSA) is 20.2 Å². The van der Waals surface area contributed by atoms with Crippen LogP contribution in [0.4, 0.5) is 0 Å². The summed E-state index contributed by atoms with van der Waals surface area (Å²) in [4.78, 5) is 0. The molecule has 0 aliphatic rings. The van der Waals surface area contributed by atoms with E-state index in [1.54, 1.807) is 0 Å². The van der Waals surface area contributed by atoms with Crippen molar-refractivity contribution in [2.45, 2.75) is 39.7 Å². The first-order valence-electron chi connectivity index (χ1n) is 3.91. The quantitative estimate of drug-likeness (QED) is 0.597. The van der Waals surface area contributed by atoms with Gasteiger partial charge in [-0.15, -0.1) is 0 Å². The highest BCUT2D eigenvalue weighted by Gasteiger charge is 2.07. The first kappa shape index (κ1) is 9.70. The molecular formula is C9H18O. The Morgan fingerprint density at radius 1 is 1.60 bits per heavy atom. The standard InChI is InChI=1S/C9H18O/c1-5-9(10)6-8(4)7(2)3/h8-10H,2,5-6H2,1,3-4H3/t8-,9?/m1/s1. The highest BCUT2D eigenvalue weighted by molar-refractivity contribution is 4.94. The molecule has 10 heavy (non-hydrogen) atoms. The lowest BCUT2D eigenvalue weighted by molar-refractivity contribution is 0.147. The van der Waals surface area contributed by atoms with Crippen LogP contribution in [-0.4, -0.2) is 11.2 Å². The number of rotatable bonds is 4. The summed E-state index contributed by atoms with van der Waals surface area (Å²) in [7, 11) is 0. The number of aliphatic hydroxyl groups is 1. The molecule has 0 spiro atoms. The van der Waals surface area contributed by atoms with E-state index in [2.05, 4.69) is 13.5 Å². The Kier molecular flexibility index (Phi) is 4.37. The number of hydrogen-bond acceptors (Lipinski definition) is 1. The summed E-state index contributed by atoms with van der Waals surface area (Å²) in [6.45, 7) is 9.93. The third-order valence-electron chi connectivity index (χ3n) is 1.94. The molecule has 0 aromatic heterocycles. The number of allylic oxidation sites excluding steroid dienone is 1. The lowest BCUT2D eigenvalue weighted by Gasteiger charge is -2.14. The van der Waals surface area contributed by atoms with Crippen LogP contribution in [0.25, 0.3) is 0 Å². The van der Waals surface area contributed by atoms with Crippen molar-refractivity contribution < 1.29 is 5.11 Å². The maximum absolute atomic E-state index is 9.24. The van der Waals surface area contributed by atoms with E-state index in [9.17, 15) is 5.11 Å². The molecule has 1 heteroatoms. The van der Waals surface area contributed by atoms with Gasteiger partial charge in [-0.2, -0.15) is 0 Å². The molecule has 0 heterocycles. The van der Waals surface area contributed by atoms with E-state index in [4.69, 9.17) is 0 Å². The van der Waals surface area contributed by atoms with E-state index in [1.165, 1.54) is 0 Å². The Hall–Kier alpha value is -0.300. The average molecular weight is 142 g/mol. The Morgan fingerprint density at radius 3 is 2.40 bits per heavy atom. The molecule has 60 valence electrons. The van der Waals surface area contributed by atoms with E-state index in [1.807, 2.05) is 13.8 Å². The largest absolute Gasteiger partial charge is 0.393 e. The van der Waals surface area contributed by atoms with Gasteiger partial charge in [-0.1, -0.05) is 26.0 Å². The van der Waals surface area contributed by atoms with Gasteiger partial charge in [0.15, 0.2) is 0 Å². The molecule has 1 unspecified atom stereocenters. The zero-order valence-electron chi connectivity index (χ0n) is 7.22. The molecule has 0 fully saturated rings. The van der Waals surface area contributed by atoms with Crippen molar-refractivity contribution in [1.82, 2.24) is 0 Å². The minimum absolute atomic E-state index is 0.147. The lowest BCUT2D eigenvalue weighted by Crippen LogP contribution is -2.10. The Balaban J connectivity index is 3.56. The van der Waals surface area contributed by atoms with Crippen LogP contribution in [-0.2, 0) is 0 Å². The maximum Gasteiger partial charge on any atom is 0.0543 e. The predicted molar refractivity (Wildman–Crippen MR) is 44.9 cm³/mol. The predicted octanol–water partition coefficient (Wildman–Crippen LogP) is 2.36. The number of hydrogen-bond donors (Lipinski definition) is 1. The van der Waals surface area contributed by atoms with E-state index in [0.717, 1.165) is 18.4 Å². The Bertz CT molecular complexity index is 107. The van der Waals surface area contributed by atoms with Crippen LogP contribution < -0.4 is 0 Å². The minimum atomic E-state index is -0.147. The molecule has 0 saturated heterocycles. The summed E-state index contributed by atoms with van der Waals surface area (Å²) >= 11 is 0. The molecule has 1 N–H and O–H groups in total. The van der Waals surface area contributed by atoms with Gasteiger partial charge in [-0.25, -0.2) is 0 Å². The molecule has 0 amide bonds. The van der Waals surface area contributed by atoms with Gasteiger partial charge < -0.3 is 5.11 Å². The molecule has 1 nitrogen and oxygen atoms in total. The zero-order valence-corrected chi connectivity index (χ0v) is 7.22. The second kappa shape index (κ2) is 4.51. The Labute approximate surface area is 63.8 Å². The second-order valence-electron chi connectivity index (χ2n) is 3.05. The van der Waals surface area contributed by atoms with Crippen LogP contribution in [0.3, 0.4) is 0 Å². The van der Waals surface area contributed by atoms with Crippen LogP contribution in [0.1, 0.15) is 33.6 Å². The van der Waals surface area contributed by atoms with Gasteiger partial charge in [0.25, 0.3) is 0 Å². The van der Waals surface area contributed by atoms with Crippen LogP contribution in [0, 0.1) is 5.92 Å². The monoisotopic (exact) mass is 142 g/mol. The van der Waals surface area contributed by atoms with Crippen LogP contribution in [0.5, 0.6) is 0 Å². The summed E-state index contributed by atoms with van der Waals surface area (Å²) in [6, 6.07) is 0. The molecule has 0 aliphatic heterocycles. The molecule has 0 bridgehead atoms. The van der Waals surface area contributed by atoms with Gasteiger partial charge in [0.1, 0.15) is 0 Å². The van der Waals surface area contributed by atoms with E-state index in [0.29, 0.717) is 5.92 Å². The van der Waals surface area contributed by atoms with Crippen molar-refractivity contribution in [3.63, 3.8) is 0 Å². The highest BCUT2D eigenvalue weighted by Crippen LogP contribution is 2.15. The van der Waals surface area contributed by atoms with Crippen molar-refractivity contribution in [2.24, 2.45) is 5.92 Å². The maximum atomic E-state index is 9.24. The molecule has 0 aromatic rings. The van der Waals surface area contributed by atoms with Gasteiger partial charge in [0.2, 0.25) is 0 Å². The van der Waals surface area contributed by atoms with E-state index < -0.39 is 0 Å². The summed E-state index contributed by atoms with van der Waals surface area (Å²) in [5.41, 5.74) is 1.16. The molecule has 2 atom stereocenters. The second-order valence-corrected chi connectivity index (χ2v) is 3.05. The van der Waals surface area contributed by atoms with Crippen molar-refractivity contribution in [3.05, 3.63) is 12.2 Å². The molecular weight excluding hydrogens is 124 g/mol. The van der Waals surface area contributed by atoms with Crippen molar-refractivity contribution in [1.29, 1.82) is 0 Å². The van der Waals surface area contributed by atoms with Gasteiger partial charge in [0.05, 0.1) is 6.10 Å². The van der Waals surface area contributed by atoms with E-state index >= 15 is 0 Å². The third-order valence-corrected chi connectivity index (χ3v) is 1.94. The lowest BCUT2D eigenvalue weighted by atomic mass is 9.96. The van der Waals surface area contributed by atoms with Gasteiger partial charge in [-0.05, 0) is 25.7 Å². The normalized spacial score (nSPS) is 16.4. The zero-order chi connectivity index (χ0) is 8.15. The fraction of sp³-hybridized carbons (Fsp3) is 0.778. The van der Waals surface area contributed by atoms with Crippen LogP contribution >= 0.6 is 0 Å². The first-order valence-corrected chi connectivity index (χ1v) is 3.91.